The van der Waals surface area contributed by atoms with Gasteiger partial charge in [0, 0.05) is 18.6 Å². The Morgan fingerprint density at radius 2 is 2.05 bits per heavy atom. The molecule has 21 heavy (non-hydrogen) atoms. The Morgan fingerprint density at radius 1 is 1.29 bits per heavy atom. The third-order valence-electron chi connectivity index (χ3n) is 2.94. The molecule has 0 atom stereocenters. The second kappa shape index (κ2) is 6.78. The topological polar surface area (TPSA) is 56.1 Å². The largest absolute Gasteiger partial charge is 0.323 e. The van der Waals surface area contributed by atoms with E-state index in [1.54, 1.807) is 37.4 Å². The number of halogens is 1. The molecule has 0 bridgehead atoms. The van der Waals surface area contributed by atoms with Gasteiger partial charge in [-0.1, -0.05) is 35.9 Å². The van der Waals surface area contributed by atoms with E-state index in [0.717, 1.165) is 5.56 Å². The molecule has 0 saturated carbocycles. The summed E-state index contributed by atoms with van der Waals surface area (Å²) in [6.45, 7) is 0.432. The Hall–Kier alpha value is -2.51. The quantitative estimate of drug-likeness (QED) is 0.935. The lowest BCUT2D eigenvalue weighted by atomic mass is 10.2. The molecule has 0 fully saturated rings. The fourth-order valence-electron chi connectivity index (χ4n) is 1.88. The van der Waals surface area contributed by atoms with Gasteiger partial charge in [-0.05, 0) is 29.8 Å². The molecule has 0 aliphatic carbocycles. The molecule has 2 rings (SSSR count). The van der Waals surface area contributed by atoms with Crippen LogP contribution >= 0.6 is 11.6 Å². The van der Waals surface area contributed by atoms with Gasteiger partial charge in [0.25, 0.3) is 0 Å². The molecular formula is C16H14ClN3O. The van der Waals surface area contributed by atoms with Gasteiger partial charge in [0.1, 0.15) is 6.07 Å². The normalized spacial score (nSPS) is 9.76. The number of urea groups is 1. The van der Waals surface area contributed by atoms with Crippen LogP contribution in [0.2, 0.25) is 5.02 Å². The first-order valence-electron chi connectivity index (χ1n) is 6.36. The van der Waals surface area contributed by atoms with Crippen LogP contribution in [0, 0.1) is 11.3 Å². The summed E-state index contributed by atoms with van der Waals surface area (Å²) >= 11 is 5.92. The summed E-state index contributed by atoms with van der Waals surface area (Å²) in [7, 11) is 1.69. The smallest absolute Gasteiger partial charge is 0.321 e. The van der Waals surface area contributed by atoms with Gasteiger partial charge in [0.15, 0.2) is 0 Å². The zero-order valence-electron chi connectivity index (χ0n) is 11.5. The number of rotatable bonds is 3. The van der Waals surface area contributed by atoms with Crippen molar-refractivity contribution in [2.24, 2.45) is 0 Å². The average molecular weight is 300 g/mol. The number of hydrogen-bond acceptors (Lipinski definition) is 2. The number of amides is 2. The van der Waals surface area contributed by atoms with Crippen LogP contribution in [0.4, 0.5) is 10.5 Å². The van der Waals surface area contributed by atoms with Crippen LogP contribution in [-0.4, -0.2) is 18.0 Å². The number of benzene rings is 2. The molecular weight excluding hydrogens is 286 g/mol. The highest BCUT2D eigenvalue weighted by Crippen LogP contribution is 2.15. The molecule has 2 aromatic rings. The van der Waals surface area contributed by atoms with Crippen LogP contribution in [0.15, 0.2) is 48.5 Å². The third-order valence-corrected chi connectivity index (χ3v) is 3.18. The molecule has 2 amide bonds. The molecule has 2 aromatic carbocycles. The van der Waals surface area contributed by atoms with Crippen molar-refractivity contribution >= 4 is 23.3 Å². The minimum absolute atomic E-state index is 0.280. The van der Waals surface area contributed by atoms with Crippen LogP contribution in [0.1, 0.15) is 11.1 Å². The first-order valence-corrected chi connectivity index (χ1v) is 6.73. The number of carbonyl (C=O) groups excluding carboxylic acids is 1. The van der Waals surface area contributed by atoms with Crippen molar-refractivity contribution < 1.29 is 4.79 Å². The Morgan fingerprint density at radius 3 is 2.76 bits per heavy atom. The van der Waals surface area contributed by atoms with E-state index in [4.69, 9.17) is 16.9 Å². The number of carbonyl (C=O) groups is 1. The molecule has 0 heterocycles. The highest BCUT2D eigenvalue weighted by Gasteiger charge is 2.11. The lowest BCUT2D eigenvalue weighted by Gasteiger charge is -2.18. The maximum absolute atomic E-state index is 12.1. The van der Waals surface area contributed by atoms with E-state index in [2.05, 4.69) is 5.32 Å². The standard InChI is InChI=1S/C16H14ClN3O/c1-20(11-12-5-4-7-14(17)9-12)16(21)19-15-8-3-2-6-13(15)10-18/h2-9H,11H2,1H3,(H,19,21). The zero-order chi connectivity index (χ0) is 15.2. The molecule has 0 spiro atoms. The van der Waals surface area contributed by atoms with Gasteiger partial charge in [-0.25, -0.2) is 4.79 Å². The molecule has 0 radical (unpaired) electrons. The van der Waals surface area contributed by atoms with E-state index in [1.807, 2.05) is 24.3 Å². The lowest BCUT2D eigenvalue weighted by molar-refractivity contribution is 0.220. The van der Waals surface area contributed by atoms with Gasteiger partial charge in [-0.2, -0.15) is 5.26 Å². The summed E-state index contributed by atoms with van der Waals surface area (Å²) < 4.78 is 0. The summed E-state index contributed by atoms with van der Waals surface area (Å²) in [4.78, 5) is 13.7. The van der Waals surface area contributed by atoms with Gasteiger partial charge >= 0.3 is 6.03 Å². The summed E-state index contributed by atoms with van der Waals surface area (Å²) in [5.41, 5.74) is 1.87. The van der Waals surface area contributed by atoms with Crippen molar-refractivity contribution in [3.8, 4) is 6.07 Å². The van der Waals surface area contributed by atoms with Crippen LogP contribution in [-0.2, 0) is 6.54 Å². The van der Waals surface area contributed by atoms with Gasteiger partial charge in [0.2, 0.25) is 0 Å². The maximum atomic E-state index is 12.1. The van der Waals surface area contributed by atoms with Crippen molar-refractivity contribution in [2.75, 3.05) is 12.4 Å². The molecule has 4 nitrogen and oxygen atoms in total. The van der Waals surface area contributed by atoms with E-state index in [1.165, 1.54) is 4.90 Å². The van der Waals surface area contributed by atoms with Crippen molar-refractivity contribution in [2.45, 2.75) is 6.54 Å². The SMILES string of the molecule is CN(Cc1cccc(Cl)c1)C(=O)Nc1ccccc1C#N. The second-order valence-electron chi connectivity index (χ2n) is 4.57. The molecule has 0 unspecified atom stereocenters. The Labute approximate surface area is 128 Å². The number of nitrogens with zero attached hydrogens (tertiary/aromatic N) is 2. The second-order valence-corrected chi connectivity index (χ2v) is 5.01. The fourth-order valence-corrected chi connectivity index (χ4v) is 2.09. The molecule has 0 aliphatic heterocycles. The minimum Gasteiger partial charge on any atom is -0.323 e. The maximum Gasteiger partial charge on any atom is 0.321 e. The molecule has 5 heteroatoms. The number of nitrogens with one attached hydrogen (secondary N) is 1. The first-order chi connectivity index (χ1) is 10.1. The van der Waals surface area contributed by atoms with Crippen LogP contribution < -0.4 is 5.32 Å². The van der Waals surface area contributed by atoms with Crippen molar-refractivity contribution in [1.82, 2.24) is 4.90 Å². The third kappa shape index (κ3) is 3.98. The lowest BCUT2D eigenvalue weighted by Crippen LogP contribution is -2.31. The number of hydrogen-bond donors (Lipinski definition) is 1. The van der Waals surface area contributed by atoms with Crippen LogP contribution in [0.3, 0.4) is 0 Å². The van der Waals surface area contributed by atoms with E-state index in [-0.39, 0.29) is 6.03 Å². The Kier molecular flexibility index (Phi) is 4.81. The minimum atomic E-state index is -0.280. The number of anilines is 1. The summed E-state index contributed by atoms with van der Waals surface area (Å²) in [5, 5.41) is 12.4. The average Bonchev–Trinajstić information content (AvgIpc) is 2.47. The van der Waals surface area contributed by atoms with Gasteiger partial charge < -0.3 is 10.2 Å². The highest BCUT2D eigenvalue weighted by atomic mass is 35.5. The van der Waals surface area contributed by atoms with Crippen molar-refractivity contribution in [3.63, 3.8) is 0 Å². The van der Waals surface area contributed by atoms with E-state index >= 15 is 0 Å². The molecule has 1 N–H and O–H groups in total. The van der Waals surface area contributed by atoms with Gasteiger partial charge in [-0.3, -0.25) is 0 Å². The van der Waals surface area contributed by atoms with Crippen molar-refractivity contribution in [1.29, 1.82) is 5.26 Å². The zero-order valence-corrected chi connectivity index (χ0v) is 12.3. The fraction of sp³-hybridized carbons (Fsp3) is 0.125. The number of nitriles is 1. The monoisotopic (exact) mass is 299 g/mol. The van der Waals surface area contributed by atoms with Gasteiger partial charge in [-0.15, -0.1) is 0 Å². The predicted octanol–water partition coefficient (Wildman–Crippen LogP) is 3.88. The summed E-state index contributed by atoms with van der Waals surface area (Å²) in [6.07, 6.45) is 0. The van der Waals surface area contributed by atoms with Crippen LogP contribution in [0.5, 0.6) is 0 Å². The van der Waals surface area contributed by atoms with Crippen LogP contribution in [0.25, 0.3) is 0 Å². The summed E-state index contributed by atoms with van der Waals surface area (Å²) in [6, 6.07) is 16.0. The molecule has 0 aliphatic rings. The molecule has 0 saturated heterocycles. The molecule has 0 aromatic heterocycles. The molecule has 106 valence electrons. The van der Waals surface area contributed by atoms with E-state index in [0.29, 0.717) is 22.8 Å². The van der Waals surface area contributed by atoms with E-state index < -0.39 is 0 Å². The highest BCUT2D eigenvalue weighted by molar-refractivity contribution is 6.30. The summed E-state index contributed by atoms with van der Waals surface area (Å²) in [5.74, 6) is 0. The predicted molar refractivity (Wildman–Crippen MR) is 83.1 cm³/mol. The van der Waals surface area contributed by atoms with Gasteiger partial charge in [0.05, 0.1) is 11.3 Å². The van der Waals surface area contributed by atoms with Crippen molar-refractivity contribution in [3.05, 3.63) is 64.7 Å². The Balaban J connectivity index is 2.05. The Bertz CT molecular complexity index is 694. The van der Waals surface area contributed by atoms with E-state index in [9.17, 15) is 4.79 Å². The first kappa shape index (κ1) is 14.9. The number of para-hydroxylation sites is 1.